The summed E-state index contributed by atoms with van der Waals surface area (Å²) in [6.07, 6.45) is 1.28. The Morgan fingerprint density at radius 1 is 1.28 bits per heavy atom. The summed E-state index contributed by atoms with van der Waals surface area (Å²) in [6, 6.07) is 12.3. The highest BCUT2D eigenvalue weighted by atomic mass is 127. The molecule has 2 atom stereocenters. The molecule has 2 aromatic carbocycles. The molecular formula is C24H33FIN3O3. The maximum absolute atomic E-state index is 13.9. The van der Waals surface area contributed by atoms with E-state index in [4.69, 9.17) is 9.47 Å². The monoisotopic (exact) mass is 557 g/mol. The number of hydrogen-bond acceptors (Lipinski definition) is 4. The van der Waals surface area contributed by atoms with E-state index in [-0.39, 0.29) is 42.2 Å². The molecule has 6 nitrogen and oxygen atoms in total. The van der Waals surface area contributed by atoms with Crippen LogP contribution in [0.3, 0.4) is 0 Å². The van der Waals surface area contributed by atoms with E-state index in [1.807, 2.05) is 32.0 Å². The molecule has 0 amide bonds. The minimum Gasteiger partial charge on any atom is -0.491 e. The third-order valence-electron chi connectivity index (χ3n) is 5.15. The first-order chi connectivity index (χ1) is 15.1. The number of benzene rings is 2. The van der Waals surface area contributed by atoms with Crippen molar-refractivity contribution in [2.75, 3.05) is 26.3 Å². The molecule has 1 saturated heterocycles. The molecule has 3 rings (SSSR count). The first kappa shape index (κ1) is 26.3. The van der Waals surface area contributed by atoms with Gasteiger partial charge in [0.15, 0.2) is 5.96 Å². The van der Waals surface area contributed by atoms with Crippen LogP contribution in [0.5, 0.6) is 5.75 Å². The Bertz CT molecular complexity index is 875. The summed E-state index contributed by atoms with van der Waals surface area (Å²) < 4.78 is 25.6. The fraction of sp³-hybridized carbons (Fsp3) is 0.458. The third kappa shape index (κ3) is 7.90. The van der Waals surface area contributed by atoms with Crippen molar-refractivity contribution in [1.29, 1.82) is 0 Å². The SMILES string of the molecule is CCNC(=NCc1ccc(C)cc1OCC1CCCO1)NCC(O)c1ccccc1F.I. The van der Waals surface area contributed by atoms with E-state index < -0.39 is 11.9 Å². The van der Waals surface area contributed by atoms with Gasteiger partial charge in [0.05, 0.1) is 18.8 Å². The van der Waals surface area contributed by atoms with Gasteiger partial charge in [-0.05, 0) is 44.4 Å². The number of hydrogen-bond donors (Lipinski definition) is 3. The number of aryl methyl sites for hydroxylation is 1. The quantitative estimate of drug-likeness (QED) is 0.246. The molecule has 8 heteroatoms. The average molecular weight is 557 g/mol. The number of nitrogens with one attached hydrogen (secondary N) is 2. The van der Waals surface area contributed by atoms with E-state index in [0.29, 0.717) is 25.7 Å². The van der Waals surface area contributed by atoms with E-state index in [2.05, 4.69) is 15.6 Å². The Kier molecular flexibility index (Phi) is 11.2. The first-order valence-corrected chi connectivity index (χ1v) is 10.9. The smallest absolute Gasteiger partial charge is 0.191 e. The highest BCUT2D eigenvalue weighted by molar-refractivity contribution is 14.0. The van der Waals surface area contributed by atoms with Gasteiger partial charge in [-0.1, -0.05) is 30.3 Å². The molecule has 0 aromatic heterocycles. The van der Waals surface area contributed by atoms with Gasteiger partial charge in [0.2, 0.25) is 0 Å². The van der Waals surface area contributed by atoms with Crippen molar-refractivity contribution in [2.24, 2.45) is 4.99 Å². The van der Waals surface area contributed by atoms with E-state index in [0.717, 1.165) is 36.3 Å². The number of aliphatic hydroxyl groups excluding tert-OH is 1. The van der Waals surface area contributed by atoms with Crippen molar-refractivity contribution >= 4 is 29.9 Å². The van der Waals surface area contributed by atoms with Gasteiger partial charge < -0.3 is 25.2 Å². The minimum atomic E-state index is -0.977. The van der Waals surface area contributed by atoms with Crippen LogP contribution in [0.25, 0.3) is 0 Å². The second-order valence-electron chi connectivity index (χ2n) is 7.67. The molecule has 0 bridgehead atoms. The van der Waals surface area contributed by atoms with Crippen LogP contribution in [0, 0.1) is 12.7 Å². The maximum atomic E-state index is 13.9. The van der Waals surface area contributed by atoms with Crippen LogP contribution in [-0.4, -0.2) is 43.5 Å². The van der Waals surface area contributed by atoms with Crippen molar-refractivity contribution in [2.45, 2.75) is 45.4 Å². The first-order valence-electron chi connectivity index (χ1n) is 10.9. The summed E-state index contributed by atoms with van der Waals surface area (Å²) >= 11 is 0. The largest absolute Gasteiger partial charge is 0.491 e. The molecule has 176 valence electrons. The van der Waals surface area contributed by atoms with E-state index >= 15 is 0 Å². The number of rotatable bonds is 9. The van der Waals surface area contributed by atoms with Gasteiger partial charge >= 0.3 is 0 Å². The van der Waals surface area contributed by atoms with Crippen LogP contribution in [0.2, 0.25) is 0 Å². The molecule has 0 spiro atoms. The van der Waals surface area contributed by atoms with Crippen molar-refractivity contribution < 1.29 is 19.0 Å². The molecule has 0 aliphatic carbocycles. The average Bonchev–Trinajstić information content (AvgIpc) is 3.29. The lowest BCUT2D eigenvalue weighted by molar-refractivity contribution is 0.0676. The molecule has 2 unspecified atom stereocenters. The highest BCUT2D eigenvalue weighted by Gasteiger charge is 2.17. The topological polar surface area (TPSA) is 75.1 Å². The van der Waals surface area contributed by atoms with Crippen LogP contribution in [0.1, 0.15) is 42.6 Å². The molecule has 1 heterocycles. The molecule has 1 fully saturated rings. The number of halogens is 2. The Hall–Kier alpha value is -1.91. The van der Waals surface area contributed by atoms with E-state index in [1.54, 1.807) is 18.2 Å². The Morgan fingerprint density at radius 3 is 2.81 bits per heavy atom. The van der Waals surface area contributed by atoms with Gasteiger partial charge in [-0.25, -0.2) is 9.38 Å². The molecular weight excluding hydrogens is 524 g/mol. The fourth-order valence-electron chi connectivity index (χ4n) is 3.44. The van der Waals surface area contributed by atoms with Gasteiger partial charge in [0.1, 0.15) is 18.2 Å². The molecule has 32 heavy (non-hydrogen) atoms. The Labute approximate surface area is 206 Å². The van der Waals surface area contributed by atoms with Gasteiger partial charge in [-0.15, -0.1) is 24.0 Å². The summed E-state index contributed by atoms with van der Waals surface area (Å²) in [5.74, 6) is 0.927. The molecule has 3 N–H and O–H groups in total. The summed E-state index contributed by atoms with van der Waals surface area (Å²) in [4.78, 5) is 4.62. The zero-order chi connectivity index (χ0) is 22.1. The number of aliphatic hydroxyl groups is 1. The van der Waals surface area contributed by atoms with E-state index in [9.17, 15) is 9.50 Å². The standard InChI is InChI=1S/C24H32FN3O3.HI/c1-3-26-24(28-15-22(29)20-8-4-5-9-21(20)25)27-14-18-11-10-17(2)13-23(18)31-16-19-7-6-12-30-19;/h4-5,8-11,13,19,22,29H,3,6-7,12,14-16H2,1-2H3,(H2,26,27,28);1H. The molecule has 0 saturated carbocycles. The summed E-state index contributed by atoms with van der Waals surface area (Å²) in [6.45, 7) is 6.55. The lowest BCUT2D eigenvalue weighted by Gasteiger charge is -2.17. The number of ether oxygens (including phenoxy) is 2. The predicted octanol–water partition coefficient (Wildman–Crippen LogP) is 4.10. The van der Waals surface area contributed by atoms with Crippen LogP contribution in [0.15, 0.2) is 47.5 Å². The van der Waals surface area contributed by atoms with Crippen LogP contribution in [-0.2, 0) is 11.3 Å². The van der Waals surface area contributed by atoms with Crippen LogP contribution >= 0.6 is 24.0 Å². The van der Waals surface area contributed by atoms with Gasteiger partial charge in [-0.2, -0.15) is 0 Å². The summed E-state index contributed by atoms with van der Waals surface area (Å²) in [7, 11) is 0. The van der Waals surface area contributed by atoms with Crippen molar-refractivity contribution in [1.82, 2.24) is 10.6 Å². The number of aliphatic imine (C=N–C) groups is 1. The molecule has 1 aliphatic rings. The summed E-state index contributed by atoms with van der Waals surface area (Å²) in [5.41, 5.74) is 2.35. The van der Waals surface area contributed by atoms with Crippen molar-refractivity contribution in [3.8, 4) is 5.75 Å². The summed E-state index contributed by atoms with van der Waals surface area (Å²) in [5, 5.41) is 16.6. The number of nitrogens with zero attached hydrogens (tertiary/aromatic N) is 1. The second-order valence-corrected chi connectivity index (χ2v) is 7.67. The predicted molar refractivity (Wildman–Crippen MR) is 135 cm³/mol. The van der Waals surface area contributed by atoms with Crippen LogP contribution in [0.4, 0.5) is 4.39 Å². The Balaban J connectivity index is 0.00000363. The highest BCUT2D eigenvalue weighted by Crippen LogP contribution is 2.23. The lowest BCUT2D eigenvalue weighted by Crippen LogP contribution is -2.39. The molecule has 1 aliphatic heterocycles. The van der Waals surface area contributed by atoms with Crippen molar-refractivity contribution in [3.05, 3.63) is 65.0 Å². The zero-order valence-corrected chi connectivity index (χ0v) is 21.0. The van der Waals surface area contributed by atoms with Crippen LogP contribution < -0.4 is 15.4 Å². The molecule has 0 radical (unpaired) electrons. The Morgan fingerprint density at radius 2 is 2.09 bits per heavy atom. The van der Waals surface area contributed by atoms with Crippen molar-refractivity contribution in [3.63, 3.8) is 0 Å². The van der Waals surface area contributed by atoms with Gasteiger partial charge in [0.25, 0.3) is 0 Å². The van der Waals surface area contributed by atoms with E-state index in [1.165, 1.54) is 6.07 Å². The second kappa shape index (κ2) is 13.6. The zero-order valence-electron chi connectivity index (χ0n) is 18.6. The minimum absolute atomic E-state index is 0. The maximum Gasteiger partial charge on any atom is 0.191 e. The third-order valence-corrected chi connectivity index (χ3v) is 5.15. The lowest BCUT2D eigenvalue weighted by atomic mass is 10.1. The fourth-order valence-corrected chi connectivity index (χ4v) is 3.44. The van der Waals surface area contributed by atoms with Gasteiger partial charge in [-0.3, -0.25) is 0 Å². The van der Waals surface area contributed by atoms with Gasteiger partial charge in [0, 0.05) is 30.8 Å². The molecule has 2 aromatic rings. The number of guanidine groups is 1. The normalized spacial score (nSPS) is 16.9.